The van der Waals surface area contributed by atoms with Crippen LogP contribution in [-0.4, -0.2) is 0 Å². The zero-order valence-corrected chi connectivity index (χ0v) is 30.3. The molecule has 50 heavy (non-hydrogen) atoms. The maximum Gasteiger partial charge on any atom is 0.0205 e. The second-order valence-corrected chi connectivity index (χ2v) is 17.4. The average Bonchev–Trinajstić information content (AvgIpc) is 3.48. The smallest absolute Gasteiger partial charge is 0.0205 e. The summed E-state index contributed by atoms with van der Waals surface area (Å²) in [4.78, 5) is 0. The molecule has 10 rings (SSSR count). The van der Waals surface area contributed by atoms with Crippen LogP contribution in [0.5, 0.6) is 0 Å². The lowest BCUT2D eigenvalue weighted by Crippen LogP contribution is -2.30. The van der Waals surface area contributed by atoms with Crippen LogP contribution in [0.4, 0.5) is 0 Å². The van der Waals surface area contributed by atoms with Crippen LogP contribution in [0, 0.1) is 17.3 Å². The van der Waals surface area contributed by atoms with Crippen molar-refractivity contribution < 1.29 is 0 Å². The highest BCUT2D eigenvalue weighted by molar-refractivity contribution is 5.91. The van der Waals surface area contributed by atoms with Crippen molar-refractivity contribution in [3.05, 3.63) is 183 Å². The van der Waals surface area contributed by atoms with E-state index in [-0.39, 0.29) is 16.2 Å². The summed E-state index contributed by atoms with van der Waals surface area (Å²) < 4.78 is 0. The number of rotatable bonds is 2. The van der Waals surface area contributed by atoms with Crippen LogP contribution in [0.2, 0.25) is 0 Å². The Hall–Kier alpha value is -4.94. The molecule has 0 spiro atoms. The van der Waals surface area contributed by atoms with E-state index in [0.29, 0.717) is 11.8 Å². The normalized spacial score (nSPS) is 22.5. The van der Waals surface area contributed by atoms with Gasteiger partial charge in [0.2, 0.25) is 0 Å². The fourth-order valence-corrected chi connectivity index (χ4v) is 9.96. The van der Waals surface area contributed by atoms with E-state index >= 15 is 0 Å². The van der Waals surface area contributed by atoms with Crippen LogP contribution in [0.25, 0.3) is 39.0 Å². The van der Waals surface area contributed by atoms with Gasteiger partial charge in [-0.3, -0.25) is 0 Å². The summed E-state index contributed by atoms with van der Waals surface area (Å²) in [6.45, 7) is 16.5. The van der Waals surface area contributed by atoms with Crippen LogP contribution >= 0.6 is 0 Å². The van der Waals surface area contributed by atoms with Gasteiger partial charge in [-0.1, -0.05) is 158 Å². The molecule has 244 valence electrons. The Morgan fingerprint density at radius 2 is 1.02 bits per heavy atom. The van der Waals surface area contributed by atoms with E-state index in [9.17, 15) is 0 Å². The molecule has 0 aromatic heterocycles. The van der Waals surface area contributed by atoms with Gasteiger partial charge in [0.25, 0.3) is 0 Å². The molecular weight excluding hydrogens is 601 g/mol. The van der Waals surface area contributed by atoms with Crippen LogP contribution in [0.3, 0.4) is 0 Å². The summed E-state index contributed by atoms with van der Waals surface area (Å²) >= 11 is 0. The summed E-state index contributed by atoms with van der Waals surface area (Å²) in [5.41, 5.74) is 23.7. The molecule has 2 atom stereocenters. The molecule has 0 aliphatic heterocycles. The Bertz CT molecular complexity index is 2450. The number of fused-ring (bicyclic) bond motifs is 6. The predicted octanol–water partition coefficient (Wildman–Crippen LogP) is 12.9. The van der Waals surface area contributed by atoms with Crippen LogP contribution < -0.4 is 0 Å². The van der Waals surface area contributed by atoms with Gasteiger partial charge in [-0.25, -0.2) is 0 Å². The average molecular weight is 645 g/mol. The lowest BCUT2D eigenvalue weighted by Gasteiger charge is -2.42. The number of benzene rings is 4. The van der Waals surface area contributed by atoms with Gasteiger partial charge in [0, 0.05) is 22.7 Å². The van der Waals surface area contributed by atoms with Crippen LogP contribution in [0.15, 0.2) is 155 Å². The fraction of sp³-hybridized carbons (Fsp3) is 0.240. The molecule has 6 aliphatic carbocycles. The van der Waals surface area contributed by atoms with Gasteiger partial charge in [-0.2, -0.15) is 0 Å². The van der Waals surface area contributed by atoms with E-state index in [1.807, 2.05) is 0 Å². The summed E-state index contributed by atoms with van der Waals surface area (Å²) in [6.07, 6.45) is 19.2. The molecule has 4 aromatic rings. The van der Waals surface area contributed by atoms with Crippen molar-refractivity contribution in [1.82, 2.24) is 0 Å². The van der Waals surface area contributed by atoms with E-state index < -0.39 is 0 Å². The second kappa shape index (κ2) is 9.85. The van der Waals surface area contributed by atoms with Crippen molar-refractivity contribution in [2.24, 2.45) is 17.3 Å². The van der Waals surface area contributed by atoms with Gasteiger partial charge in [0.1, 0.15) is 0 Å². The van der Waals surface area contributed by atoms with Gasteiger partial charge in [0.05, 0.1) is 0 Å². The molecule has 0 radical (unpaired) electrons. The molecule has 0 saturated carbocycles. The molecule has 0 heterocycles. The minimum absolute atomic E-state index is 0.00567. The predicted molar refractivity (Wildman–Crippen MR) is 211 cm³/mol. The first-order valence-electron chi connectivity index (χ1n) is 18.4. The van der Waals surface area contributed by atoms with E-state index in [4.69, 9.17) is 0 Å². The maximum atomic E-state index is 2.50. The quantitative estimate of drug-likeness (QED) is 0.204. The Kier molecular flexibility index (Phi) is 5.90. The lowest BCUT2D eigenvalue weighted by atomic mass is 9.61. The van der Waals surface area contributed by atoms with Gasteiger partial charge in [0.15, 0.2) is 0 Å². The van der Waals surface area contributed by atoms with E-state index in [0.717, 1.165) is 0 Å². The third-order valence-corrected chi connectivity index (χ3v) is 12.8. The number of hydrogen-bond donors (Lipinski definition) is 0. The zero-order chi connectivity index (χ0) is 34.3. The Morgan fingerprint density at radius 3 is 1.68 bits per heavy atom. The highest BCUT2D eigenvalue weighted by Gasteiger charge is 2.42. The fourth-order valence-electron chi connectivity index (χ4n) is 9.96. The standard InChI is InChI=1S/C50H44/c1-48(2,3)35-24-33-13-12-29-14-19-36(41-23-18-34(25-35)46(33)47(29)41)32-17-22-40-39-21-16-31(27-44(39)50(6,7)45(40)28-32)30-15-20-38-37-10-8-9-11-42(37)49(4,5)43(38)26-30/h8-28,46-47H,1-7H3. The molecule has 0 N–H and O–H groups in total. The van der Waals surface area contributed by atoms with Crippen molar-refractivity contribution in [3.63, 3.8) is 0 Å². The molecule has 0 fully saturated rings. The summed E-state index contributed by atoms with van der Waals surface area (Å²) in [5, 5.41) is 0. The minimum Gasteiger partial charge on any atom is -0.0619 e. The third-order valence-electron chi connectivity index (χ3n) is 12.8. The Balaban J connectivity index is 1.02. The Morgan fingerprint density at radius 1 is 0.480 bits per heavy atom. The number of allylic oxidation sites excluding steroid dienone is 14. The van der Waals surface area contributed by atoms with Crippen LogP contribution in [0.1, 0.15) is 76.3 Å². The monoisotopic (exact) mass is 644 g/mol. The van der Waals surface area contributed by atoms with Crippen molar-refractivity contribution in [2.75, 3.05) is 0 Å². The van der Waals surface area contributed by atoms with Crippen molar-refractivity contribution in [3.8, 4) is 33.4 Å². The van der Waals surface area contributed by atoms with E-state index in [1.54, 1.807) is 0 Å². The minimum atomic E-state index is -0.103. The lowest BCUT2D eigenvalue weighted by molar-refractivity contribution is 0.500. The van der Waals surface area contributed by atoms with Crippen molar-refractivity contribution >= 4 is 5.57 Å². The van der Waals surface area contributed by atoms with Crippen LogP contribution in [-0.2, 0) is 10.8 Å². The first kappa shape index (κ1) is 29.9. The number of hydrogen-bond acceptors (Lipinski definition) is 0. The summed E-state index contributed by atoms with van der Waals surface area (Å²) in [7, 11) is 0. The third kappa shape index (κ3) is 4.00. The summed E-state index contributed by atoms with van der Waals surface area (Å²) in [5.74, 6) is 0.767. The first-order valence-corrected chi connectivity index (χ1v) is 18.4. The molecular formula is C50H44. The Labute approximate surface area is 297 Å². The second-order valence-electron chi connectivity index (χ2n) is 17.4. The largest absolute Gasteiger partial charge is 0.0619 e. The maximum absolute atomic E-state index is 2.50. The molecule has 0 nitrogen and oxygen atoms in total. The molecule has 4 aromatic carbocycles. The van der Waals surface area contributed by atoms with Crippen molar-refractivity contribution in [2.45, 2.75) is 59.3 Å². The van der Waals surface area contributed by atoms with E-state index in [2.05, 4.69) is 176 Å². The van der Waals surface area contributed by atoms with Gasteiger partial charge in [-0.05, 0) is 118 Å². The SMILES string of the molecule is CC(C)(C)C1=CC2=CC=C3C(c4ccc5c(c4)C(C)(C)c4cc(-c6ccc7c(c6)C(C)(C)c6ccccc6-7)ccc4-5)=CC=C4C=CC(=C1)C2C43. The molecule has 0 heteroatoms. The molecule has 0 saturated heterocycles. The molecule has 6 aliphatic rings. The highest BCUT2D eigenvalue weighted by Crippen LogP contribution is 2.56. The first-order chi connectivity index (χ1) is 23.9. The topological polar surface area (TPSA) is 0 Å². The van der Waals surface area contributed by atoms with Gasteiger partial charge in [-0.15, -0.1) is 0 Å². The van der Waals surface area contributed by atoms with Crippen molar-refractivity contribution in [1.29, 1.82) is 0 Å². The van der Waals surface area contributed by atoms with E-state index in [1.165, 1.54) is 94.6 Å². The van der Waals surface area contributed by atoms with Gasteiger partial charge < -0.3 is 0 Å². The molecule has 0 bridgehead atoms. The molecule has 2 unspecified atom stereocenters. The highest BCUT2D eigenvalue weighted by atomic mass is 14.4. The zero-order valence-electron chi connectivity index (χ0n) is 30.3. The molecule has 0 amide bonds. The summed E-state index contributed by atoms with van der Waals surface area (Å²) in [6, 6.07) is 30.5. The van der Waals surface area contributed by atoms with Gasteiger partial charge >= 0.3 is 0 Å².